The predicted molar refractivity (Wildman–Crippen MR) is 73.2 cm³/mol. The molecule has 0 bridgehead atoms. The van der Waals surface area contributed by atoms with Crippen molar-refractivity contribution in [1.29, 1.82) is 0 Å². The molecule has 1 aromatic heterocycles. The fourth-order valence-electron chi connectivity index (χ4n) is 1.41. The smallest absolute Gasteiger partial charge is 0.408 e. The van der Waals surface area contributed by atoms with Crippen LogP contribution >= 0.6 is 15.9 Å². The number of halogens is 1. The Hall–Kier alpha value is -1.64. The molecule has 1 atom stereocenters. The van der Waals surface area contributed by atoms with Crippen LogP contribution < -0.4 is 5.32 Å². The Morgan fingerprint density at radius 1 is 1.50 bits per heavy atom. The zero-order valence-corrected chi connectivity index (χ0v) is 13.3. The minimum atomic E-state index is -1.16. The maximum Gasteiger partial charge on any atom is 0.408 e. The summed E-state index contributed by atoms with van der Waals surface area (Å²) < 4.78 is 6.92. The van der Waals surface area contributed by atoms with Gasteiger partial charge in [-0.15, -0.1) is 5.10 Å². The van der Waals surface area contributed by atoms with Crippen LogP contribution in [0.2, 0.25) is 0 Å². The zero-order chi connectivity index (χ0) is 15.5. The summed E-state index contributed by atoms with van der Waals surface area (Å²) in [5.74, 6) is -1.16. The largest absolute Gasteiger partial charge is 0.480 e. The maximum atomic E-state index is 11.6. The van der Waals surface area contributed by atoms with Crippen LogP contribution in [0.5, 0.6) is 0 Å². The molecule has 0 aliphatic carbocycles. The highest BCUT2D eigenvalue weighted by atomic mass is 79.9. The van der Waals surface area contributed by atoms with E-state index in [2.05, 4.69) is 31.6 Å². The lowest BCUT2D eigenvalue weighted by Crippen LogP contribution is -2.45. The van der Waals surface area contributed by atoms with Crippen LogP contribution in [0.4, 0.5) is 4.79 Å². The quantitative estimate of drug-likeness (QED) is 0.843. The Labute approximate surface area is 124 Å². The third-order valence-electron chi connectivity index (χ3n) is 2.28. The summed E-state index contributed by atoms with van der Waals surface area (Å²) in [7, 11) is 1.64. The van der Waals surface area contributed by atoms with Gasteiger partial charge in [-0.2, -0.15) is 0 Å². The van der Waals surface area contributed by atoms with Crippen LogP contribution in [0.25, 0.3) is 0 Å². The minimum absolute atomic E-state index is 0.0403. The van der Waals surface area contributed by atoms with E-state index in [1.807, 2.05) is 0 Å². The van der Waals surface area contributed by atoms with Crippen LogP contribution in [-0.2, 0) is 23.0 Å². The van der Waals surface area contributed by atoms with Gasteiger partial charge >= 0.3 is 12.1 Å². The van der Waals surface area contributed by atoms with Gasteiger partial charge in [0.15, 0.2) is 4.60 Å². The Morgan fingerprint density at radius 2 is 2.10 bits per heavy atom. The van der Waals surface area contributed by atoms with Crippen molar-refractivity contribution < 1.29 is 19.4 Å². The van der Waals surface area contributed by atoms with Gasteiger partial charge in [-0.1, -0.05) is 5.21 Å². The highest BCUT2D eigenvalue weighted by molar-refractivity contribution is 9.10. The number of aryl methyl sites for hydroxylation is 1. The molecule has 0 saturated carbocycles. The first-order valence-corrected chi connectivity index (χ1v) is 6.66. The molecule has 20 heavy (non-hydrogen) atoms. The van der Waals surface area contributed by atoms with E-state index in [4.69, 9.17) is 9.84 Å². The monoisotopic (exact) mass is 348 g/mol. The Balaban J connectivity index is 2.76. The van der Waals surface area contributed by atoms with Crippen molar-refractivity contribution in [2.75, 3.05) is 0 Å². The maximum absolute atomic E-state index is 11.6. The molecule has 0 fully saturated rings. The van der Waals surface area contributed by atoms with E-state index in [1.54, 1.807) is 27.8 Å². The number of nitrogens with one attached hydrogen (secondary N) is 1. The number of carboxylic acid groups (broad SMARTS) is 1. The zero-order valence-electron chi connectivity index (χ0n) is 11.7. The molecule has 9 heteroatoms. The van der Waals surface area contributed by atoms with Gasteiger partial charge in [0.25, 0.3) is 0 Å². The lowest BCUT2D eigenvalue weighted by molar-refractivity contribution is -0.139. The average Bonchev–Trinajstić information content (AvgIpc) is 2.56. The Kier molecular flexibility index (Phi) is 5.09. The highest BCUT2D eigenvalue weighted by Crippen LogP contribution is 2.14. The molecule has 0 radical (unpaired) electrons. The third kappa shape index (κ3) is 4.80. The molecule has 0 aromatic carbocycles. The summed E-state index contributed by atoms with van der Waals surface area (Å²) in [6.45, 7) is 5.10. The number of nitrogens with zero attached hydrogens (tertiary/aromatic N) is 3. The van der Waals surface area contributed by atoms with E-state index in [9.17, 15) is 9.59 Å². The van der Waals surface area contributed by atoms with Gasteiger partial charge in [0.2, 0.25) is 0 Å². The number of rotatable bonds is 4. The number of amides is 1. The van der Waals surface area contributed by atoms with Crippen molar-refractivity contribution >= 4 is 28.0 Å². The fourth-order valence-corrected chi connectivity index (χ4v) is 1.90. The second kappa shape index (κ2) is 6.21. The number of hydrogen-bond acceptors (Lipinski definition) is 5. The van der Waals surface area contributed by atoms with E-state index < -0.39 is 23.7 Å². The number of aromatic nitrogens is 3. The minimum Gasteiger partial charge on any atom is -0.480 e. The summed E-state index contributed by atoms with van der Waals surface area (Å²) in [5, 5.41) is 19.0. The lowest BCUT2D eigenvalue weighted by Gasteiger charge is -2.22. The second-order valence-corrected chi connectivity index (χ2v) is 5.94. The summed E-state index contributed by atoms with van der Waals surface area (Å²) in [6.07, 6.45) is -0.741. The molecule has 1 heterocycles. The molecule has 0 spiro atoms. The molecule has 0 aliphatic rings. The normalized spacial score (nSPS) is 12.8. The van der Waals surface area contributed by atoms with Gasteiger partial charge in [-0.05, 0) is 36.7 Å². The van der Waals surface area contributed by atoms with E-state index in [0.29, 0.717) is 10.3 Å². The number of hydrogen-bond donors (Lipinski definition) is 2. The van der Waals surface area contributed by atoms with Crippen molar-refractivity contribution in [3.05, 3.63) is 10.3 Å². The van der Waals surface area contributed by atoms with Gasteiger partial charge < -0.3 is 15.2 Å². The standard InChI is InChI=1S/C11H17BrN4O4/c1-11(2,3)20-10(19)13-6(9(17)18)5-7-8(12)14-15-16(7)4/h6H,5H2,1-4H3,(H,13,19)(H,17,18). The van der Waals surface area contributed by atoms with E-state index in [1.165, 1.54) is 4.68 Å². The van der Waals surface area contributed by atoms with Gasteiger partial charge in [0.1, 0.15) is 11.6 Å². The van der Waals surface area contributed by atoms with E-state index in [0.717, 1.165) is 0 Å². The van der Waals surface area contributed by atoms with Crippen LogP contribution in [0.1, 0.15) is 26.5 Å². The molecule has 112 valence electrons. The Morgan fingerprint density at radius 3 is 2.50 bits per heavy atom. The number of alkyl carbamates (subject to hydrolysis) is 1. The lowest BCUT2D eigenvalue weighted by atomic mass is 10.1. The van der Waals surface area contributed by atoms with Gasteiger partial charge in [-0.3, -0.25) is 4.68 Å². The SMILES string of the molecule is Cn1nnc(Br)c1CC(NC(=O)OC(C)(C)C)C(=O)O. The molecule has 8 nitrogen and oxygen atoms in total. The van der Waals surface area contributed by atoms with Gasteiger partial charge in [0, 0.05) is 13.5 Å². The first-order valence-electron chi connectivity index (χ1n) is 5.86. The number of carbonyl (C=O) groups excluding carboxylic acids is 1. The summed E-state index contributed by atoms with van der Waals surface area (Å²) in [5.41, 5.74) is -0.129. The van der Waals surface area contributed by atoms with Crippen molar-refractivity contribution in [3.63, 3.8) is 0 Å². The number of aliphatic carboxylic acids is 1. The highest BCUT2D eigenvalue weighted by Gasteiger charge is 2.26. The number of carbonyl (C=O) groups is 2. The van der Waals surface area contributed by atoms with Crippen LogP contribution in [0, 0.1) is 0 Å². The summed E-state index contributed by atoms with van der Waals surface area (Å²) >= 11 is 3.18. The summed E-state index contributed by atoms with van der Waals surface area (Å²) in [6, 6.07) is -1.13. The molecular formula is C11H17BrN4O4. The fraction of sp³-hybridized carbons (Fsp3) is 0.636. The topological polar surface area (TPSA) is 106 Å². The van der Waals surface area contributed by atoms with Gasteiger partial charge in [-0.25, -0.2) is 9.59 Å². The molecule has 0 aliphatic heterocycles. The third-order valence-corrected chi connectivity index (χ3v) is 2.90. The molecule has 1 rings (SSSR count). The molecular weight excluding hydrogens is 332 g/mol. The van der Waals surface area contributed by atoms with E-state index in [-0.39, 0.29) is 6.42 Å². The first-order chi connectivity index (χ1) is 9.10. The predicted octanol–water partition coefficient (Wildman–Crippen LogP) is 1.10. The first kappa shape index (κ1) is 16.4. The van der Waals surface area contributed by atoms with Gasteiger partial charge in [0.05, 0.1) is 5.69 Å². The van der Waals surface area contributed by atoms with Crippen molar-refractivity contribution in [2.24, 2.45) is 7.05 Å². The summed E-state index contributed by atoms with van der Waals surface area (Å²) in [4.78, 5) is 22.8. The molecule has 0 saturated heterocycles. The van der Waals surface area contributed by atoms with E-state index >= 15 is 0 Å². The average molecular weight is 349 g/mol. The van der Waals surface area contributed by atoms with Crippen LogP contribution in [0.15, 0.2) is 4.60 Å². The Bertz CT molecular complexity index is 490. The molecule has 2 N–H and O–H groups in total. The molecule has 1 aromatic rings. The second-order valence-electron chi connectivity index (χ2n) is 5.19. The number of carboxylic acids is 1. The van der Waals surface area contributed by atoms with Crippen LogP contribution in [0.3, 0.4) is 0 Å². The number of ether oxygens (including phenoxy) is 1. The van der Waals surface area contributed by atoms with Crippen LogP contribution in [-0.4, -0.2) is 43.8 Å². The molecule has 1 amide bonds. The molecule has 1 unspecified atom stereocenters. The van der Waals surface area contributed by atoms with Crippen molar-refractivity contribution in [1.82, 2.24) is 20.3 Å². The van der Waals surface area contributed by atoms with Crippen molar-refractivity contribution in [2.45, 2.75) is 38.8 Å². The van der Waals surface area contributed by atoms with Crippen molar-refractivity contribution in [3.8, 4) is 0 Å².